The molecule has 0 saturated heterocycles. The predicted molar refractivity (Wildman–Crippen MR) is 99.5 cm³/mol. The van der Waals surface area contributed by atoms with Crippen LogP contribution in [0.4, 0.5) is 0 Å². The molecule has 1 aromatic carbocycles. The van der Waals surface area contributed by atoms with E-state index in [4.69, 9.17) is 13.9 Å². The number of rotatable bonds is 5. The maximum absolute atomic E-state index is 12.0. The van der Waals surface area contributed by atoms with Crippen LogP contribution in [0.2, 0.25) is 0 Å². The minimum atomic E-state index is -0.471. The van der Waals surface area contributed by atoms with Crippen LogP contribution in [0.3, 0.4) is 0 Å². The number of hydrogen-bond donors (Lipinski definition) is 2. The standard InChI is InChI=1S/C20H22N2O5/c1-4-25-17-11-15-9-12(2)27-18(15)10-14(17)5-6-19(23)21-22-20(24)16-7-8-26-13(16)3/h5-8,10-12H,4,9H2,1-3H3,(H,21,23)(H,22,24)/b6-5+/t12-/m0/s1. The van der Waals surface area contributed by atoms with E-state index in [-0.39, 0.29) is 6.10 Å². The van der Waals surface area contributed by atoms with Crippen molar-refractivity contribution in [2.45, 2.75) is 33.3 Å². The van der Waals surface area contributed by atoms with Gasteiger partial charge in [-0.1, -0.05) is 0 Å². The van der Waals surface area contributed by atoms with Crippen molar-refractivity contribution in [3.8, 4) is 11.5 Å². The van der Waals surface area contributed by atoms with Gasteiger partial charge in [0, 0.05) is 23.6 Å². The second-order valence-electron chi connectivity index (χ2n) is 6.23. The molecule has 142 valence electrons. The van der Waals surface area contributed by atoms with Gasteiger partial charge >= 0.3 is 0 Å². The van der Waals surface area contributed by atoms with Crippen molar-refractivity contribution in [3.05, 3.63) is 53.0 Å². The summed E-state index contributed by atoms with van der Waals surface area (Å²) in [6.07, 6.45) is 5.32. The Balaban J connectivity index is 1.66. The number of fused-ring (bicyclic) bond motifs is 1. The Bertz CT molecular complexity index is 884. The number of amides is 2. The number of nitrogens with one attached hydrogen (secondary N) is 2. The van der Waals surface area contributed by atoms with Crippen LogP contribution in [0.1, 0.15) is 41.1 Å². The first kappa shape index (κ1) is 18.6. The van der Waals surface area contributed by atoms with E-state index < -0.39 is 11.8 Å². The van der Waals surface area contributed by atoms with E-state index in [1.807, 2.05) is 26.0 Å². The van der Waals surface area contributed by atoms with E-state index in [9.17, 15) is 9.59 Å². The van der Waals surface area contributed by atoms with Crippen LogP contribution in [0.5, 0.6) is 11.5 Å². The molecule has 3 rings (SSSR count). The fraction of sp³-hybridized carbons (Fsp3) is 0.300. The third-order valence-corrected chi connectivity index (χ3v) is 4.15. The van der Waals surface area contributed by atoms with Gasteiger partial charge in [-0.15, -0.1) is 0 Å². The fourth-order valence-electron chi connectivity index (χ4n) is 2.88. The third-order valence-electron chi connectivity index (χ3n) is 4.15. The Morgan fingerprint density at radius 1 is 1.33 bits per heavy atom. The molecule has 0 saturated carbocycles. The summed E-state index contributed by atoms with van der Waals surface area (Å²) in [4.78, 5) is 24.0. The highest BCUT2D eigenvalue weighted by Crippen LogP contribution is 2.35. The molecule has 0 spiro atoms. The number of ether oxygens (including phenoxy) is 2. The molecule has 0 fully saturated rings. The van der Waals surface area contributed by atoms with Gasteiger partial charge in [-0.2, -0.15) is 0 Å². The van der Waals surface area contributed by atoms with Gasteiger partial charge in [0.25, 0.3) is 11.8 Å². The Morgan fingerprint density at radius 3 is 2.85 bits per heavy atom. The summed E-state index contributed by atoms with van der Waals surface area (Å²) in [6, 6.07) is 5.34. The van der Waals surface area contributed by atoms with Crippen molar-refractivity contribution in [2.75, 3.05) is 6.61 Å². The highest BCUT2D eigenvalue weighted by Gasteiger charge is 2.21. The molecule has 0 unspecified atom stereocenters. The van der Waals surface area contributed by atoms with Crippen molar-refractivity contribution in [1.82, 2.24) is 10.9 Å². The van der Waals surface area contributed by atoms with Crippen molar-refractivity contribution in [1.29, 1.82) is 0 Å². The second-order valence-corrected chi connectivity index (χ2v) is 6.23. The lowest BCUT2D eigenvalue weighted by Gasteiger charge is -2.10. The molecule has 2 aromatic rings. The number of aryl methyl sites for hydroxylation is 1. The van der Waals surface area contributed by atoms with Crippen LogP contribution in [-0.4, -0.2) is 24.5 Å². The predicted octanol–water partition coefficient (Wildman–Crippen LogP) is 2.78. The Kier molecular flexibility index (Phi) is 5.49. The second kappa shape index (κ2) is 7.99. The molecule has 7 heteroatoms. The molecule has 0 radical (unpaired) electrons. The summed E-state index contributed by atoms with van der Waals surface area (Å²) in [5.74, 6) is 1.05. The highest BCUT2D eigenvalue weighted by atomic mass is 16.5. The minimum Gasteiger partial charge on any atom is -0.493 e. The number of benzene rings is 1. The van der Waals surface area contributed by atoms with E-state index in [0.29, 0.717) is 23.7 Å². The van der Waals surface area contributed by atoms with E-state index in [0.717, 1.165) is 23.3 Å². The van der Waals surface area contributed by atoms with Gasteiger partial charge in [0.05, 0.1) is 18.4 Å². The molecular formula is C20H22N2O5. The van der Waals surface area contributed by atoms with E-state index >= 15 is 0 Å². The summed E-state index contributed by atoms with van der Waals surface area (Å²) in [7, 11) is 0. The van der Waals surface area contributed by atoms with Gasteiger partial charge in [0.15, 0.2) is 0 Å². The molecule has 27 heavy (non-hydrogen) atoms. The zero-order valence-corrected chi connectivity index (χ0v) is 15.5. The molecule has 1 aliphatic heterocycles. The summed E-state index contributed by atoms with van der Waals surface area (Å²) >= 11 is 0. The Hall–Kier alpha value is -3.22. The van der Waals surface area contributed by atoms with Crippen LogP contribution in [0, 0.1) is 6.92 Å². The van der Waals surface area contributed by atoms with E-state index in [1.54, 1.807) is 13.0 Å². The zero-order valence-electron chi connectivity index (χ0n) is 15.5. The fourth-order valence-corrected chi connectivity index (χ4v) is 2.88. The average molecular weight is 370 g/mol. The molecule has 0 bridgehead atoms. The van der Waals surface area contributed by atoms with E-state index in [1.165, 1.54) is 18.4 Å². The van der Waals surface area contributed by atoms with Gasteiger partial charge in [-0.25, -0.2) is 0 Å². The van der Waals surface area contributed by atoms with Crippen molar-refractivity contribution in [3.63, 3.8) is 0 Å². The Morgan fingerprint density at radius 2 is 2.15 bits per heavy atom. The first-order valence-electron chi connectivity index (χ1n) is 8.76. The van der Waals surface area contributed by atoms with E-state index in [2.05, 4.69) is 10.9 Å². The zero-order chi connectivity index (χ0) is 19.4. The summed E-state index contributed by atoms with van der Waals surface area (Å²) in [5.41, 5.74) is 6.87. The van der Waals surface area contributed by atoms with Crippen molar-refractivity contribution < 1.29 is 23.5 Å². The topological polar surface area (TPSA) is 89.8 Å². The number of furan rings is 1. The summed E-state index contributed by atoms with van der Waals surface area (Å²) < 4.78 is 16.5. The third kappa shape index (κ3) is 4.31. The maximum Gasteiger partial charge on any atom is 0.273 e. The van der Waals surface area contributed by atoms with Crippen LogP contribution in [0.25, 0.3) is 6.08 Å². The molecule has 0 aliphatic carbocycles. The average Bonchev–Trinajstić information content (AvgIpc) is 3.22. The lowest BCUT2D eigenvalue weighted by atomic mass is 10.1. The van der Waals surface area contributed by atoms with Crippen LogP contribution < -0.4 is 20.3 Å². The summed E-state index contributed by atoms with van der Waals surface area (Å²) in [5, 5.41) is 0. The first-order valence-corrected chi connectivity index (χ1v) is 8.76. The first-order chi connectivity index (χ1) is 13.0. The smallest absolute Gasteiger partial charge is 0.273 e. The Labute approximate surface area is 157 Å². The molecule has 1 aliphatic rings. The van der Waals surface area contributed by atoms with Crippen molar-refractivity contribution >= 4 is 17.9 Å². The normalized spacial score (nSPS) is 15.3. The van der Waals surface area contributed by atoms with Gasteiger partial charge in [-0.05, 0) is 45.0 Å². The number of hydrogen-bond acceptors (Lipinski definition) is 5. The van der Waals surface area contributed by atoms with Crippen LogP contribution in [0.15, 0.2) is 35.0 Å². The molecule has 2 amide bonds. The molecule has 7 nitrogen and oxygen atoms in total. The number of carbonyl (C=O) groups excluding carboxylic acids is 2. The van der Waals surface area contributed by atoms with Gasteiger partial charge in [-0.3, -0.25) is 20.4 Å². The number of carbonyl (C=O) groups is 2. The number of hydrazine groups is 1. The molecular weight excluding hydrogens is 348 g/mol. The largest absolute Gasteiger partial charge is 0.493 e. The van der Waals surface area contributed by atoms with Gasteiger partial charge in [0.1, 0.15) is 23.4 Å². The maximum atomic E-state index is 12.0. The van der Waals surface area contributed by atoms with Crippen LogP contribution in [-0.2, 0) is 11.2 Å². The highest BCUT2D eigenvalue weighted by molar-refractivity contribution is 5.98. The lowest BCUT2D eigenvalue weighted by molar-refractivity contribution is -0.117. The molecule has 1 atom stereocenters. The molecule has 2 heterocycles. The van der Waals surface area contributed by atoms with Crippen molar-refractivity contribution in [2.24, 2.45) is 0 Å². The lowest BCUT2D eigenvalue weighted by Crippen LogP contribution is -2.40. The molecule has 1 aromatic heterocycles. The quantitative estimate of drug-likeness (QED) is 0.624. The summed E-state index contributed by atoms with van der Waals surface area (Å²) in [6.45, 7) is 6.10. The monoisotopic (exact) mass is 370 g/mol. The van der Waals surface area contributed by atoms with Crippen LogP contribution >= 0.6 is 0 Å². The van der Waals surface area contributed by atoms with Gasteiger partial charge in [0.2, 0.25) is 0 Å². The van der Waals surface area contributed by atoms with Gasteiger partial charge < -0.3 is 13.9 Å². The SMILES string of the molecule is CCOc1cc2c(cc1/C=C/C(=O)NNC(=O)c1ccoc1C)O[C@@H](C)C2. The minimum absolute atomic E-state index is 0.124. The molecule has 2 N–H and O–H groups in total.